The molecule has 1 aromatic rings. The number of sulfonamides is 1. The number of hydrogen-bond acceptors (Lipinski definition) is 4. The Morgan fingerprint density at radius 3 is 2.38 bits per heavy atom. The van der Waals surface area contributed by atoms with Gasteiger partial charge in [0.05, 0.1) is 4.90 Å². The number of carbonyl (C=O) groups excluding carboxylic acids is 1. The minimum Gasteiger partial charge on any atom is -0.355 e. The van der Waals surface area contributed by atoms with Crippen LogP contribution in [0.4, 0.5) is 0 Å². The smallest absolute Gasteiger partial charge is 0.240 e. The van der Waals surface area contributed by atoms with Crippen molar-refractivity contribution < 1.29 is 13.2 Å². The third-order valence-corrected chi connectivity index (χ3v) is 4.48. The van der Waals surface area contributed by atoms with Crippen LogP contribution in [0.15, 0.2) is 29.2 Å². The second kappa shape index (κ2) is 8.11. The van der Waals surface area contributed by atoms with Crippen LogP contribution in [0.2, 0.25) is 0 Å². The Bertz CT molecular complexity index is 555. The summed E-state index contributed by atoms with van der Waals surface area (Å²) in [6.45, 7) is 4.71. The van der Waals surface area contributed by atoms with Gasteiger partial charge in [0.1, 0.15) is 0 Å². The molecule has 0 saturated carbocycles. The van der Waals surface area contributed by atoms with Crippen molar-refractivity contribution in [3.63, 3.8) is 0 Å². The van der Waals surface area contributed by atoms with Crippen molar-refractivity contribution in [1.29, 1.82) is 0 Å². The monoisotopic (exact) mass is 313 g/mol. The lowest BCUT2D eigenvalue weighted by Crippen LogP contribution is -2.39. The van der Waals surface area contributed by atoms with Gasteiger partial charge in [0.15, 0.2) is 0 Å². The molecule has 3 N–H and O–H groups in total. The molecule has 0 radical (unpaired) electrons. The van der Waals surface area contributed by atoms with Gasteiger partial charge in [-0.3, -0.25) is 4.79 Å². The second-order valence-corrected chi connectivity index (χ2v) is 6.73. The Balaban J connectivity index is 2.41. The van der Waals surface area contributed by atoms with Crippen LogP contribution in [0, 0.1) is 12.8 Å². The van der Waals surface area contributed by atoms with E-state index in [0.717, 1.165) is 5.56 Å². The summed E-state index contributed by atoms with van der Waals surface area (Å²) in [5.74, 6) is -0.248. The lowest BCUT2D eigenvalue weighted by atomic mass is 10.1. The van der Waals surface area contributed by atoms with Crippen LogP contribution >= 0.6 is 0 Å². The zero-order valence-electron chi connectivity index (χ0n) is 12.6. The molecule has 118 valence electrons. The topological polar surface area (TPSA) is 87.3 Å². The number of rotatable bonds is 8. The van der Waals surface area contributed by atoms with E-state index in [1.807, 2.05) is 13.8 Å². The van der Waals surface area contributed by atoms with Gasteiger partial charge in [0.25, 0.3) is 0 Å². The van der Waals surface area contributed by atoms with E-state index in [9.17, 15) is 13.2 Å². The molecule has 1 aromatic carbocycles. The first kappa shape index (κ1) is 17.6. The maximum atomic E-state index is 12.0. The summed E-state index contributed by atoms with van der Waals surface area (Å²) in [5.41, 5.74) is 1.000. The first-order valence-corrected chi connectivity index (χ1v) is 8.34. The predicted molar refractivity (Wildman–Crippen MR) is 82.5 cm³/mol. The van der Waals surface area contributed by atoms with Crippen LogP contribution in [-0.4, -0.2) is 41.0 Å². The average molecular weight is 313 g/mol. The number of carbonyl (C=O) groups is 1. The van der Waals surface area contributed by atoms with Crippen LogP contribution in [0.3, 0.4) is 0 Å². The zero-order valence-corrected chi connectivity index (χ0v) is 13.5. The molecule has 0 saturated heterocycles. The van der Waals surface area contributed by atoms with Gasteiger partial charge in [-0.25, -0.2) is 13.1 Å². The molecule has 1 rings (SSSR count). The Hall–Kier alpha value is -1.44. The zero-order chi connectivity index (χ0) is 15.9. The van der Waals surface area contributed by atoms with Crippen LogP contribution in [-0.2, 0) is 14.8 Å². The molecular formula is C14H23N3O3S. The minimum atomic E-state index is -3.52. The van der Waals surface area contributed by atoms with E-state index < -0.39 is 10.0 Å². The molecule has 1 atom stereocenters. The molecule has 0 heterocycles. The maximum Gasteiger partial charge on any atom is 0.240 e. The first-order chi connectivity index (χ1) is 9.86. The molecule has 0 aliphatic rings. The maximum absolute atomic E-state index is 12.0. The van der Waals surface area contributed by atoms with E-state index in [0.29, 0.717) is 6.54 Å². The van der Waals surface area contributed by atoms with Crippen molar-refractivity contribution in [1.82, 2.24) is 15.4 Å². The Labute approximate surface area is 126 Å². The largest absolute Gasteiger partial charge is 0.355 e. The average Bonchev–Trinajstić information content (AvgIpc) is 2.44. The Kier molecular flexibility index (Phi) is 6.80. The number of amides is 1. The molecule has 0 fully saturated rings. The van der Waals surface area contributed by atoms with Crippen molar-refractivity contribution in [3.8, 4) is 0 Å². The summed E-state index contributed by atoms with van der Waals surface area (Å²) in [6.07, 6.45) is 0. The lowest BCUT2D eigenvalue weighted by molar-refractivity contribution is -0.124. The molecule has 1 unspecified atom stereocenters. The molecule has 21 heavy (non-hydrogen) atoms. The number of benzene rings is 1. The van der Waals surface area contributed by atoms with Gasteiger partial charge in [0.2, 0.25) is 15.9 Å². The molecule has 0 aromatic heterocycles. The van der Waals surface area contributed by atoms with Gasteiger partial charge in [-0.15, -0.1) is 0 Å². The lowest BCUT2D eigenvalue weighted by Gasteiger charge is -2.12. The van der Waals surface area contributed by atoms with Crippen LogP contribution in [0.1, 0.15) is 12.5 Å². The van der Waals surface area contributed by atoms with Crippen molar-refractivity contribution in [2.75, 3.05) is 26.7 Å². The highest BCUT2D eigenvalue weighted by molar-refractivity contribution is 7.89. The van der Waals surface area contributed by atoms with Crippen molar-refractivity contribution >= 4 is 15.9 Å². The molecule has 0 aliphatic heterocycles. The van der Waals surface area contributed by atoms with Gasteiger partial charge >= 0.3 is 0 Å². The van der Waals surface area contributed by atoms with E-state index in [1.165, 1.54) is 0 Å². The van der Waals surface area contributed by atoms with Gasteiger partial charge in [0, 0.05) is 25.6 Å². The molecule has 6 nitrogen and oxygen atoms in total. The standard InChI is InChI=1S/C14H23N3O3S/c1-11-4-6-13(7-5-11)21(19,20)17-9-8-16-14(18)12(2)10-15-3/h4-7,12,15,17H,8-10H2,1-3H3,(H,16,18). The predicted octanol–water partition coefficient (Wildman–Crippen LogP) is 0.245. The van der Waals surface area contributed by atoms with Crippen LogP contribution < -0.4 is 15.4 Å². The first-order valence-electron chi connectivity index (χ1n) is 6.85. The van der Waals surface area contributed by atoms with Gasteiger partial charge in [-0.2, -0.15) is 0 Å². The summed E-state index contributed by atoms with van der Waals surface area (Å²) in [4.78, 5) is 11.9. The van der Waals surface area contributed by atoms with E-state index in [2.05, 4.69) is 15.4 Å². The highest BCUT2D eigenvalue weighted by atomic mass is 32.2. The van der Waals surface area contributed by atoms with E-state index in [-0.39, 0.29) is 29.8 Å². The van der Waals surface area contributed by atoms with Gasteiger partial charge < -0.3 is 10.6 Å². The third kappa shape index (κ3) is 5.82. The van der Waals surface area contributed by atoms with E-state index >= 15 is 0 Å². The molecular weight excluding hydrogens is 290 g/mol. The number of nitrogens with one attached hydrogen (secondary N) is 3. The van der Waals surface area contributed by atoms with Crippen LogP contribution in [0.25, 0.3) is 0 Å². The van der Waals surface area contributed by atoms with Crippen molar-refractivity contribution in [2.45, 2.75) is 18.7 Å². The Morgan fingerprint density at radius 1 is 1.19 bits per heavy atom. The molecule has 1 amide bonds. The quantitative estimate of drug-likeness (QED) is 0.600. The van der Waals surface area contributed by atoms with Crippen LogP contribution in [0.5, 0.6) is 0 Å². The SMILES string of the molecule is CNCC(C)C(=O)NCCNS(=O)(=O)c1ccc(C)cc1. The fourth-order valence-electron chi connectivity index (χ4n) is 1.74. The summed E-state index contributed by atoms with van der Waals surface area (Å²) in [7, 11) is -1.74. The summed E-state index contributed by atoms with van der Waals surface area (Å²) >= 11 is 0. The third-order valence-electron chi connectivity index (χ3n) is 3.01. The normalized spacial score (nSPS) is 12.9. The summed E-state index contributed by atoms with van der Waals surface area (Å²) < 4.78 is 26.4. The summed E-state index contributed by atoms with van der Waals surface area (Å²) in [6, 6.07) is 6.61. The fraction of sp³-hybridized carbons (Fsp3) is 0.500. The molecule has 0 spiro atoms. The number of hydrogen-bond donors (Lipinski definition) is 3. The van der Waals surface area contributed by atoms with Gasteiger partial charge in [-0.05, 0) is 26.1 Å². The molecule has 7 heteroatoms. The van der Waals surface area contributed by atoms with Gasteiger partial charge in [-0.1, -0.05) is 24.6 Å². The van der Waals surface area contributed by atoms with E-state index in [1.54, 1.807) is 31.3 Å². The molecule has 0 aliphatic carbocycles. The molecule has 0 bridgehead atoms. The van der Waals surface area contributed by atoms with Crippen molar-refractivity contribution in [2.24, 2.45) is 5.92 Å². The summed E-state index contributed by atoms with van der Waals surface area (Å²) in [5, 5.41) is 5.61. The highest BCUT2D eigenvalue weighted by Gasteiger charge is 2.14. The number of aryl methyl sites for hydroxylation is 1. The van der Waals surface area contributed by atoms with Crippen molar-refractivity contribution in [3.05, 3.63) is 29.8 Å². The van der Waals surface area contributed by atoms with E-state index in [4.69, 9.17) is 0 Å². The highest BCUT2D eigenvalue weighted by Crippen LogP contribution is 2.09. The Morgan fingerprint density at radius 2 is 1.81 bits per heavy atom. The minimum absolute atomic E-state index is 0.0983. The fourth-order valence-corrected chi connectivity index (χ4v) is 2.78. The second-order valence-electron chi connectivity index (χ2n) is 4.96.